The van der Waals surface area contributed by atoms with E-state index in [0.29, 0.717) is 12.1 Å². The first kappa shape index (κ1) is 8.67. The van der Waals surface area contributed by atoms with E-state index in [1.807, 2.05) is 0 Å². The van der Waals surface area contributed by atoms with Gasteiger partial charge in [-0.25, -0.2) is 4.98 Å². The Morgan fingerprint density at radius 2 is 2.33 bits per heavy atom. The van der Waals surface area contributed by atoms with Gasteiger partial charge in [-0.3, -0.25) is 4.79 Å². The van der Waals surface area contributed by atoms with Gasteiger partial charge >= 0.3 is 0 Å². The van der Waals surface area contributed by atoms with Gasteiger partial charge in [-0.2, -0.15) is 0 Å². The molecule has 0 saturated heterocycles. The Morgan fingerprint density at radius 3 is 2.92 bits per heavy atom. The van der Waals surface area contributed by atoms with E-state index in [0.717, 1.165) is 0 Å². The van der Waals surface area contributed by atoms with Gasteiger partial charge in [-0.05, 0) is 12.1 Å². The molecule has 1 aromatic heterocycles. The summed E-state index contributed by atoms with van der Waals surface area (Å²) < 4.78 is 0. The zero-order chi connectivity index (χ0) is 8.97. The summed E-state index contributed by atoms with van der Waals surface area (Å²) in [5.41, 5.74) is 5.93. The average molecular weight is 166 g/mol. The van der Waals surface area contributed by atoms with E-state index in [4.69, 9.17) is 10.8 Å². The first-order chi connectivity index (χ1) is 5.74. The maximum absolute atomic E-state index is 10.7. The van der Waals surface area contributed by atoms with Crippen LogP contribution >= 0.6 is 0 Å². The van der Waals surface area contributed by atoms with Crippen molar-refractivity contribution in [3.63, 3.8) is 0 Å². The maximum Gasteiger partial charge on any atom is 0.267 e. The monoisotopic (exact) mass is 166 g/mol. The highest BCUT2D eigenvalue weighted by Crippen LogP contribution is 1.98. The van der Waals surface area contributed by atoms with E-state index >= 15 is 0 Å². The molecule has 0 fully saturated rings. The molecule has 1 heterocycles. The number of rotatable bonds is 3. The van der Waals surface area contributed by atoms with Crippen LogP contribution in [-0.4, -0.2) is 22.6 Å². The van der Waals surface area contributed by atoms with E-state index in [1.54, 1.807) is 18.2 Å². The number of aliphatic hydroxyl groups excluding tert-OH is 1. The van der Waals surface area contributed by atoms with Crippen molar-refractivity contribution in [3.05, 3.63) is 29.6 Å². The molecule has 0 bridgehead atoms. The smallest absolute Gasteiger partial charge is 0.267 e. The predicted octanol–water partition coefficient (Wildman–Crippen LogP) is -0.285. The molecule has 0 aliphatic carbocycles. The Kier molecular flexibility index (Phi) is 2.76. The van der Waals surface area contributed by atoms with Crippen LogP contribution < -0.4 is 5.73 Å². The third kappa shape index (κ3) is 2.03. The zero-order valence-corrected chi connectivity index (χ0v) is 6.53. The van der Waals surface area contributed by atoms with Gasteiger partial charge in [0.1, 0.15) is 5.69 Å². The molecule has 0 radical (unpaired) electrons. The van der Waals surface area contributed by atoms with E-state index in [-0.39, 0.29) is 12.3 Å². The Labute approximate surface area is 70.0 Å². The number of aromatic nitrogens is 1. The number of nitrogens with two attached hydrogens (primary N) is 1. The van der Waals surface area contributed by atoms with Crippen LogP contribution in [0.4, 0.5) is 0 Å². The molecular weight excluding hydrogens is 156 g/mol. The standard InChI is InChI=1S/C8H10N2O2/c9-8(12)7-3-1-2-6(10-7)4-5-11/h1-3,11H,4-5H2,(H2,9,12). The van der Waals surface area contributed by atoms with Gasteiger partial charge in [-0.1, -0.05) is 6.07 Å². The van der Waals surface area contributed by atoms with Crippen molar-refractivity contribution in [2.75, 3.05) is 6.61 Å². The van der Waals surface area contributed by atoms with E-state index in [9.17, 15) is 4.79 Å². The summed E-state index contributed by atoms with van der Waals surface area (Å²) in [6, 6.07) is 4.98. The summed E-state index contributed by atoms with van der Waals surface area (Å²) in [6.07, 6.45) is 0.446. The normalized spacial score (nSPS) is 9.75. The molecule has 0 atom stereocenters. The summed E-state index contributed by atoms with van der Waals surface area (Å²) in [6.45, 7) is 0.0230. The van der Waals surface area contributed by atoms with Crippen LogP contribution in [0.5, 0.6) is 0 Å². The highest BCUT2D eigenvalue weighted by Gasteiger charge is 2.01. The molecule has 0 aromatic carbocycles. The molecule has 3 N–H and O–H groups in total. The molecule has 0 aliphatic heterocycles. The fraction of sp³-hybridized carbons (Fsp3) is 0.250. The number of nitrogens with zero attached hydrogens (tertiary/aromatic N) is 1. The van der Waals surface area contributed by atoms with Gasteiger partial charge in [0.25, 0.3) is 5.91 Å². The van der Waals surface area contributed by atoms with Gasteiger partial charge < -0.3 is 10.8 Å². The van der Waals surface area contributed by atoms with Crippen molar-refractivity contribution < 1.29 is 9.90 Å². The molecule has 1 aromatic rings. The number of hydrogen-bond acceptors (Lipinski definition) is 3. The van der Waals surface area contributed by atoms with Crippen molar-refractivity contribution in [3.8, 4) is 0 Å². The number of amides is 1. The molecule has 1 amide bonds. The fourth-order valence-electron chi connectivity index (χ4n) is 0.871. The Balaban J connectivity index is 2.88. The van der Waals surface area contributed by atoms with Crippen LogP contribution in [0.3, 0.4) is 0 Å². The van der Waals surface area contributed by atoms with Crippen LogP contribution in [0.25, 0.3) is 0 Å². The molecule has 4 heteroatoms. The van der Waals surface area contributed by atoms with Gasteiger partial charge in [0.15, 0.2) is 0 Å². The van der Waals surface area contributed by atoms with Crippen LogP contribution in [0, 0.1) is 0 Å². The molecule has 0 saturated carbocycles. The average Bonchev–Trinajstić information content (AvgIpc) is 2.05. The van der Waals surface area contributed by atoms with Crippen molar-refractivity contribution in [1.82, 2.24) is 4.98 Å². The fourth-order valence-corrected chi connectivity index (χ4v) is 0.871. The third-order valence-electron chi connectivity index (χ3n) is 1.43. The highest BCUT2D eigenvalue weighted by molar-refractivity contribution is 5.90. The molecule has 0 aliphatic rings. The second-order valence-corrected chi connectivity index (χ2v) is 2.35. The zero-order valence-electron chi connectivity index (χ0n) is 6.53. The van der Waals surface area contributed by atoms with Gasteiger partial charge in [0.05, 0.1) is 0 Å². The SMILES string of the molecule is NC(=O)c1cccc(CCO)n1. The number of hydrogen-bond donors (Lipinski definition) is 2. The molecule has 4 nitrogen and oxygen atoms in total. The Bertz CT molecular complexity index is 286. The minimum Gasteiger partial charge on any atom is -0.396 e. The third-order valence-corrected chi connectivity index (χ3v) is 1.43. The largest absolute Gasteiger partial charge is 0.396 e. The second-order valence-electron chi connectivity index (χ2n) is 2.35. The van der Waals surface area contributed by atoms with Crippen LogP contribution in [0.15, 0.2) is 18.2 Å². The molecule has 0 unspecified atom stereocenters. The summed E-state index contributed by atoms with van der Waals surface area (Å²) in [4.78, 5) is 14.6. The minimum absolute atomic E-state index is 0.0230. The lowest BCUT2D eigenvalue weighted by Gasteiger charge is -1.98. The van der Waals surface area contributed by atoms with E-state index in [1.165, 1.54) is 0 Å². The summed E-state index contributed by atoms with van der Waals surface area (Å²) in [5, 5.41) is 8.59. The number of primary amides is 1. The van der Waals surface area contributed by atoms with E-state index < -0.39 is 5.91 Å². The lowest BCUT2D eigenvalue weighted by molar-refractivity contribution is 0.0995. The van der Waals surface area contributed by atoms with E-state index in [2.05, 4.69) is 4.98 Å². The Hall–Kier alpha value is -1.42. The number of pyridine rings is 1. The Morgan fingerprint density at radius 1 is 1.58 bits per heavy atom. The lowest BCUT2D eigenvalue weighted by Crippen LogP contribution is -2.13. The molecule has 0 spiro atoms. The second kappa shape index (κ2) is 3.82. The van der Waals surface area contributed by atoms with Crippen molar-refractivity contribution >= 4 is 5.91 Å². The van der Waals surface area contributed by atoms with Crippen molar-refractivity contribution in [2.45, 2.75) is 6.42 Å². The van der Waals surface area contributed by atoms with Crippen molar-refractivity contribution in [1.29, 1.82) is 0 Å². The summed E-state index contributed by atoms with van der Waals surface area (Å²) >= 11 is 0. The summed E-state index contributed by atoms with van der Waals surface area (Å²) in [7, 11) is 0. The number of carbonyl (C=O) groups excluding carboxylic acids is 1. The van der Waals surface area contributed by atoms with Gasteiger partial charge in [-0.15, -0.1) is 0 Å². The first-order valence-electron chi connectivity index (χ1n) is 3.60. The number of carbonyl (C=O) groups is 1. The van der Waals surface area contributed by atoms with Crippen LogP contribution in [0.2, 0.25) is 0 Å². The van der Waals surface area contributed by atoms with Gasteiger partial charge in [0, 0.05) is 18.7 Å². The van der Waals surface area contributed by atoms with Crippen LogP contribution in [-0.2, 0) is 6.42 Å². The topological polar surface area (TPSA) is 76.2 Å². The first-order valence-corrected chi connectivity index (χ1v) is 3.60. The van der Waals surface area contributed by atoms with Gasteiger partial charge in [0.2, 0.25) is 0 Å². The maximum atomic E-state index is 10.7. The molecular formula is C8H10N2O2. The van der Waals surface area contributed by atoms with Crippen LogP contribution in [0.1, 0.15) is 16.2 Å². The quantitative estimate of drug-likeness (QED) is 0.648. The minimum atomic E-state index is -0.546. The molecule has 12 heavy (non-hydrogen) atoms. The molecule has 64 valence electrons. The van der Waals surface area contributed by atoms with Crippen molar-refractivity contribution in [2.24, 2.45) is 5.73 Å². The lowest BCUT2D eigenvalue weighted by atomic mass is 10.2. The predicted molar refractivity (Wildman–Crippen MR) is 43.5 cm³/mol. The molecule has 1 rings (SSSR count). The summed E-state index contributed by atoms with van der Waals surface area (Å²) in [5.74, 6) is -0.546. The highest BCUT2D eigenvalue weighted by atomic mass is 16.3. The number of aliphatic hydroxyl groups is 1.